The third-order valence-electron chi connectivity index (χ3n) is 5.84. The molecule has 0 aliphatic carbocycles. The second-order valence-corrected chi connectivity index (χ2v) is 9.45. The fourth-order valence-corrected chi connectivity index (χ4v) is 5.10. The number of nitrogens with zero attached hydrogens (tertiary/aromatic N) is 3. The number of carbonyl (C=O) groups excluding carboxylic acids is 2. The molecule has 2 aromatic carbocycles. The fourth-order valence-electron chi connectivity index (χ4n) is 4.07. The number of thiazole rings is 1. The minimum atomic E-state index is -0.646. The van der Waals surface area contributed by atoms with Crippen molar-refractivity contribution in [3.05, 3.63) is 87.6 Å². The summed E-state index contributed by atoms with van der Waals surface area (Å²) in [6.07, 6.45) is 0. The molecular formula is C26H27N3O3S. The molecule has 1 aromatic heterocycles. The Morgan fingerprint density at radius 1 is 1.09 bits per heavy atom. The Hall–Kier alpha value is -3.29. The number of amides is 1. The van der Waals surface area contributed by atoms with Gasteiger partial charge in [0.2, 0.25) is 5.78 Å². The summed E-state index contributed by atoms with van der Waals surface area (Å²) in [6.45, 7) is 4.74. The largest absolute Gasteiger partial charge is 0.503 e. The van der Waals surface area contributed by atoms with Crippen LogP contribution in [0.2, 0.25) is 0 Å². The number of Topliss-reactive ketones (excluding diaryl/α,β-unsaturated/α-hetero) is 1. The Kier molecular flexibility index (Phi) is 6.44. The zero-order valence-electron chi connectivity index (χ0n) is 19.2. The van der Waals surface area contributed by atoms with Crippen LogP contribution in [0.3, 0.4) is 0 Å². The van der Waals surface area contributed by atoms with Crippen LogP contribution in [0, 0.1) is 13.8 Å². The molecular weight excluding hydrogens is 434 g/mol. The lowest BCUT2D eigenvalue weighted by atomic mass is 9.92. The molecule has 6 nitrogen and oxygen atoms in total. The maximum atomic E-state index is 13.8. The SMILES string of the molecule is Cc1ccccc1C1C(C(=O)c2sc(-c3ccccc3)nc2C)=C(O)C(=O)N1CCN(C)C. The maximum Gasteiger partial charge on any atom is 0.290 e. The Morgan fingerprint density at radius 3 is 2.42 bits per heavy atom. The number of carbonyl (C=O) groups is 2. The molecule has 0 saturated carbocycles. The van der Waals surface area contributed by atoms with Gasteiger partial charge in [0.05, 0.1) is 22.2 Å². The second-order valence-electron chi connectivity index (χ2n) is 8.45. The number of hydrogen-bond acceptors (Lipinski definition) is 6. The summed E-state index contributed by atoms with van der Waals surface area (Å²) in [5.74, 6) is -1.33. The third kappa shape index (κ3) is 4.34. The summed E-state index contributed by atoms with van der Waals surface area (Å²) >= 11 is 1.29. The van der Waals surface area contributed by atoms with Crippen LogP contribution in [0.4, 0.5) is 0 Å². The van der Waals surface area contributed by atoms with Crippen molar-refractivity contribution in [2.45, 2.75) is 19.9 Å². The molecule has 1 aliphatic heterocycles. The van der Waals surface area contributed by atoms with Gasteiger partial charge in [-0.15, -0.1) is 11.3 Å². The lowest BCUT2D eigenvalue weighted by molar-refractivity contribution is -0.129. The molecule has 4 rings (SSSR count). The van der Waals surface area contributed by atoms with Gasteiger partial charge in [-0.25, -0.2) is 4.98 Å². The Balaban J connectivity index is 1.79. The number of aryl methyl sites for hydroxylation is 2. The number of ketones is 1. The van der Waals surface area contributed by atoms with E-state index in [0.717, 1.165) is 21.7 Å². The van der Waals surface area contributed by atoms with Gasteiger partial charge in [0.25, 0.3) is 5.91 Å². The molecule has 1 N–H and O–H groups in total. The van der Waals surface area contributed by atoms with Gasteiger partial charge in [-0.05, 0) is 39.1 Å². The van der Waals surface area contributed by atoms with E-state index < -0.39 is 17.7 Å². The van der Waals surface area contributed by atoms with Gasteiger partial charge in [0, 0.05) is 18.7 Å². The molecule has 33 heavy (non-hydrogen) atoms. The van der Waals surface area contributed by atoms with Crippen molar-refractivity contribution in [1.82, 2.24) is 14.8 Å². The van der Waals surface area contributed by atoms with Gasteiger partial charge in [-0.2, -0.15) is 0 Å². The van der Waals surface area contributed by atoms with Crippen LogP contribution >= 0.6 is 11.3 Å². The molecule has 0 radical (unpaired) electrons. The molecule has 7 heteroatoms. The molecule has 0 bridgehead atoms. The molecule has 170 valence electrons. The van der Waals surface area contributed by atoms with Gasteiger partial charge in [-0.3, -0.25) is 9.59 Å². The zero-order valence-corrected chi connectivity index (χ0v) is 20.0. The first kappa shape index (κ1) is 22.9. The van der Waals surface area contributed by atoms with E-state index in [2.05, 4.69) is 4.98 Å². The van der Waals surface area contributed by atoms with Gasteiger partial charge >= 0.3 is 0 Å². The topological polar surface area (TPSA) is 73.7 Å². The maximum absolute atomic E-state index is 13.8. The molecule has 0 saturated heterocycles. The van der Waals surface area contributed by atoms with Crippen molar-refractivity contribution in [3.8, 4) is 10.6 Å². The molecule has 0 spiro atoms. The Morgan fingerprint density at radius 2 is 1.76 bits per heavy atom. The van der Waals surface area contributed by atoms with Crippen molar-refractivity contribution >= 4 is 23.0 Å². The average Bonchev–Trinajstić information content (AvgIpc) is 3.30. The summed E-state index contributed by atoms with van der Waals surface area (Å²) in [6, 6.07) is 16.7. The molecule has 1 unspecified atom stereocenters. The molecule has 1 amide bonds. The van der Waals surface area contributed by atoms with Gasteiger partial charge < -0.3 is 14.9 Å². The van der Waals surface area contributed by atoms with E-state index in [1.54, 1.807) is 11.8 Å². The number of benzene rings is 2. The second kappa shape index (κ2) is 9.29. The third-order valence-corrected chi connectivity index (χ3v) is 7.05. The van der Waals surface area contributed by atoms with Gasteiger partial charge in [0.15, 0.2) is 5.76 Å². The van der Waals surface area contributed by atoms with Crippen LogP contribution in [0.15, 0.2) is 65.9 Å². The lowest BCUT2D eigenvalue weighted by Gasteiger charge is -2.29. The normalized spacial score (nSPS) is 16.2. The predicted octanol–water partition coefficient (Wildman–Crippen LogP) is 4.57. The van der Waals surface area contributed by atoms with Crippen molar-refractivity contribution in [2.24, 2.45) is 0 Å². The molecule has 1 atom stereocenters. The summed E-state index contributed by atoms with van der Waals surface area (Å²) in [4.78, 5) is 35.5. The quantitative estimate of drug-likeness (QED) is 0.522. The van der Waals surface area contributed by atoms with Crippen molar-refractivity contribution in [3.63, 3.8) is 0 Å². The minimum absolute atomic E-state index is 0.124. The Bertz CT molecular complexity index is 1230. The number of likely N-dealkylation sites (N-methyl/N-ethyl adjacent to an activating group) is 1. The van der Waals surface area contributed by atoms with Crippen LogP contribution in [0.25, 0.3) is 10.6 Å². The van der Waals surface area contributed by atoms with Gasteiger partial charge in [-0.1, -0.05) is 54.6 Å². The van der Waals surface area contributed by atoms with E-state index in [4.69, 9.17) is 0 Å². The number of rotatable bonds is 7. The van der Waals surface area contributed by atoms with E-state index in [9.17, 15) is 14.7 Å². The first-order valence-electron chi connectivity index (χ1n) is 10.8. The number of aromatic nitrogens is 1. The summed E-state index contributed by atoms with van der Waals surface area (Å²) in [7, 11) is 3.85. The highest BCUT2D eigenvalue weighted by Crippen LogP contribution is 2.41. The zero-order chi connectivity index (χ0) is 23.7. The van der Waals surface area contributed by atoms with E-state index >= 15 is 0 Å². The predicted molar refractivity (Wildman–Crippen MR) is 130 cm³/mol. The highest BCUT2D eigenvalue weighted by Gasteiger charge is 2.44. The summed E-state index contributed by atoms with van der Waals surface area (Å²) in [5, 5.41) is 11.6. The lowest BCUT2D eigenvalue weighted by Crippen LogP contribution is -2.36. The van der Waals surface area contributed by atoms with Crippen LogP contribution in [0.5, 0.6) is 0 Å². The van der Waals surface area contributed by atoms with Gasteiger partial charge in [0.1, 0.15) is 5.01 Å². The average molecular weight is 462 g/mol. The van der Waals surface area contributed by atoms with E-state index in [1.165, 1.54) is 11.3 Å². The first-order valence-corrected chi connectivity index (χ1v) is 11.6. The van der Waals surface area contributed by atoms with E-state index in [0.29, 0.717) is 23.7 Å². The molecule has 2 heterocycles. The van der Waals surface area contributed by atoms with Crippen molar-refractivity contribution in [2.75, 3.05) is 27.2 Å². The summed E-state index contributed by atoms with van der Waals surface area (Å²) in [5.41, 5.74) is 3.43. The first-order chi connectivity index (χ1) is 15.8. The Labute approximate surface area is 197 Å². The van der Waals surface area contributed by atoms with Crippen LogP contribution in [-0.4, -0.2) is 58.8 Å². The highest BCUT2D eigenvalue weighted by atomic mass is 32.1. The molecule has 1 aliphatic rings. The number of aliphatic hydroxyl groups excluding tert-OH is 1. The summed E-state index contributed by atoms with van der Waals surface area (Å²) < 4.78 is 0. The van der Waals surface area contributed by atoms with E-state index in [1.807, 2.05) is 80.5 Å². The smallest absolute Gasteiger partial charge is 0.290 e. The van der Waals surface area contributed by atoms with Crippen molar-refractivity contribution in [1.29, 1.82) is 0 Å². The van der Waals surface area contributed by atoms with E-state index in [-0.39, 0.29) is 11.4 Å². The number of aliphatic hydroxyl groups is 1. The van der Waals surface area contributed by atoms with Crippen LogP contribution < -0.4 is 0 Å². The minimum Gasteiger partial charge on any atom is -0.503 e. The number of hydrogen-bond donors (Lipinski definition) is 1. The van der Waals surface area contributed by atoms with Crippen molar-refractivity contribution < 1.29 is 14.7 Å². The highest BCUT2D eigenvalue weighted by molar-refractivity contribution is 7.17. The fraction of sp³-hybridized carbons (Fsp3) is 0.269. The van der Waals surface area contributed by atoms with Crippen LogP contribution in [-0.2, 0) is 4.79 Å². The molecule has 3 aromatic rings. The monoisotopic (exact) mass is 461 g/mol. The molecule has 0 fully saturated rings. The standard InChI is InChI=1S/C26H27N3O3S/c1-16-10-8-9-13-19(16)21-20(23(31)26(32)29(21)15-14-28(3)4)22(30)24-17(2)27-25(33-24)18-11-6-5-7-12-18/h5-13,21,31H,14-15H2,1-4H3. The van der Waals surface area contributed by atoms with Crippen LogP contribution in [0.1, 0.15) is 32.5 Å².